The van der Waals surface area contributed by atoms with Crippen LogP contribution in [-0.2, 0) is 35.0 Å². The number of alkyl halides is 1. The van der Waals surface area contributed by atoms with Crippen molar-refractivity contribution in [1.82, 2.24) is 0 Å². The maximum absolute atomic E-state index is 15.3. The van der Waals surface area contributed by atoms with Gasteiger partial charge in [0.15, 0.2) is 24.9 Å². The van der Waals surface area contributed by atoms with Gasteiger partial charge in [0.25, 0.3) is 0 Å². The summed E-state index contributed by atoms with van der Waals surface area (Å²) in [6.07, 6.45) is -10.6. The highest BCUT2D eigenvalue weighted by molar-refractivity contribution is 6.31. The quantitative estimate of drug-likeness (QED) is 0.0841. The van der Waals surface area contributed by atoms with Crippen molar-refractivity contribution in [3.63, 3.8) is 0 Å². The Bertz CT molecular complexity index is 1740. The molecule has 1 saturated heterocycles. The Labute approximate surface area is 290 Å². The Morgan fingerprint density at radius 3 is 2.29 bits per heavy atom. The van der Waals surface area contributed by atoms with Gasteiger partial charge in [0.05, 0.1) is 36.0 Å². The van der Waals surface area contributed by atoms with Crippen LogP contribution >= 0.6 is 0 Å². The smallest absolute Gasteiger partial charge is 0.306 e. The third kappa shape index (κ3) is 7.19. The van der Waals surface area contributed by atoms with Crippen LogP contribution in [0.25, 0.3) is 0 Å². The molecule has 5 rings (SSSR count). The second kappa shape index (κ2) is 15.0. The van der Waals surface area contributed by atoms with Gasteiger partial charge in [0, 0.05) is 42.4 Å². The van der Waals surface area contributed by atoms with Gasteiger partial charge in [-0.3, -0.25) is 24.0 Å². The zero-order valence-electron chi connectivity index (χ0n) is 27.8. The number of carbonyl (C=O) groups excluding carboxylic acids is 4. The highest BCUT2D eigenvalue weighted by atomic mass is 19.1. The van der Waals surface area contributed by atoms with Gasteiger partial charge in [-0.1, -0.05) is 25.0 Å². The third-order valence-electron chi connectivity index (χ3n) is 9.55. The summed E-state index contributed by atoms with van der Waals surface area (Å²) in [6, 6.07) is 4.17. The van der Waals surface area contributed by atoms with Crippen molar-refractivity contribution in [2.45, 2.75) is 101 Å². The first-order valence-electron chi connectivity index (χ1n) is 16.4. The second-order valence-corrected chi connectivity index (χ2v) is 12.9. The first-order valence-corrected chi connectivity index (χ1v) is 16.4. The van der Waals surface area contributed by atoms with Crippen LogP contribution in [-0.4, -0.2) is 110 Å². The summed E-state index contributed by atoms with van der Waals surface area (Å²) in [5, 5.41) is 64.0. The van der Waals surface area contributed by atoms with Crippen LogP contribution in [0.2, 0.25) is 0 Å². The number of aliphatic hydroxyl groups is 3. The van der Waals surface area contributed by atoms with E-state index in [0.29, 0.717) is 25.7 Å². The molecule has 0 aromatic heterocycles. The fourth-order valence-corrected chi connectivity index (χ4v) is 6.76. The molecule has 0 spiro atoms. The van der Waals surface area contributed by atoms with E-state index in [-0.39, 0.29) is 35.3 Å². The molecule has 1 fully saturated rings. The van der Waals surface area contributed by atoms with Crippen LogP contribution in [0.5, 0.6) is 17.2 Å². The lowest BCUT2D eigenvalue weighted by molar-refractivity contribution is -0.294. The maximum Gasteiger partial charge on any atom is 0.306 e. The predicted octanol–water partition coefficient (Wildman–Crippen LogP) is 1.96. The van der Waals surface area contributed by atoms with Gasteiger partial charge in [0.2, 0.25) is 11.6 Å². The molecule has 2 aliphatic carbocycles. The Balaban J connectivity index is 1.47. The zero-order chi connectivity index (χ0) is 37.4. The standard InChI is InChI=1S/C35H39FO15/c1-15-28(41)33(46)27(36)34(50-15)51-19-13-35(47,20(37)14-49-22(40)11-6-4-3-5-10-21(38)39)12-17-24(19)32(45)26-25(30(17)43)29(42)16-8-7-9-18(48-2)23(16)31(26)44/h7-9,15,19,27-28,33-34,41,43,45-47H,3-6,10-14H2,1-2H3,(H,38,39)/t15-,19-,27+,28+,33-,34-,35-/m0/s1. The number of hydrogen-bond donors (Lipinski definition) is 6. The normalized spacial score (nSPS) is 26.9. The minimum atomic E-state index is -2.51. The summed E-state index contributed by atoms with van der Waals surface area (Å²) in [4.78, 5) is 64.1. The highest BCUT2D eigenvalue weighted by Gasteiger charge is 2.52. The highest BCUT2D eigenvalue weighted by Crippen LogP contribution is 2.52. The largest absolute Gasteiger partial charge is 0.507 e. The van der Waals surface area contributed by atoms with E-state index in [1.807, 2.05) is 0 Å². The molecule has 2 aromatic carbocycles. The number of hydrogen-bond acceptors (Lipinski definition) is 14. The number of halogens is 1. The number of aromatic hydroxyl groups is 2. The molecule has 2 aromatic rings. The first-order chi connectivity index (χ1) is 24.1. The molecule has 15 nitrogen and oxygen atoms in total. The number of aliphatic carboxylic acids is 1. The summed E-state index contributed by atoms with van der Waals surface area (Å²) < 4.78 is 36.9. The average Bonchev–Trinajstić information content (AvgIpc) is 3.09. The van der Waals surface area contributed by atoms with Crippen LogP contribution in [0.15, 0.2) is 18.2 Å². The number of carboxylic acids is 1. The number of phenols is 2. The van der Waals surface area contributed by atoms with Crippen molar-refractivity contribution in [2.75, 3.05) is 13.7 Å². The Morgan fingerprint density at radius 1 is 0.961 bits per heavy atom. The van der Waals surface area contributed by atoms with Crippen molar-refractivity contribution in [2.24, 2.45) is 0 Å². The number of unbranched alkanes of at least 4 members (excludes halogenated alkanes) is 3. The number of esters is 1. The number of methoxy groups -OCH3 is 1. The van der Waals surface area contributed by atoms with E-state index in [1.54, 1.807) is 0 Å². The minimum Gasteiger partial charge on any atom is -0.507 e. The van der Waals surface area contributed by atoms with E-state index >= 15 is 4.39 Å². The molecule has 51 heavy (non-hydrogen) atoms. The van der Waals surface area contributed by atoms with Gasteiger partial charge in [-0.05, 0) is 25.8 Å². The number of rotatable bonds is 13. The topological polar surface area (TPSA) is 244 Å². The Hall–Kier alpha value is -4.48. The first kappa shape index (κ1) is 37.8. The maximum atomic E-state index is 15.3. The molecule has 276 valence electrons. The lowest BCUT2D eigenvalue weighted by Crippen LogP contribution is -2.56. The van der Waals surface area contributed by atoms with Crippen molar-refractivity contribution >= 4 is 29.3 Å². The van der Waals surface area contributed by atoms with Crippen molar-refractivity contribution in [3.05, 3.63) is 51.6 Å². The van der Waals surface area contributed by atoms with Gasteiger partial charge in [-0.2, -0.15) is 0 Å². The molecule has 0 bridgehead atoms. The number of carboxylic acid groups (broad SMARTS) is 1. The molecular formula is C35H39FO15. The number of carbonyl (C=O) groups is 5. The van der Waals surface area contributed by atoms with E-state index in [4.69, 9.17) is 24.1 Å². The molecule has 0 radical (unpaired) electrons. The number of ketones is 3. The number of ether oxygens (including phenoxy) is 4. The molecule has 7 atom stereocenters. The van der Waals surface area contributed by atoms with E-state index in [1.165, 1.54) is 32.2 Å². The SMILES string of the molecule is COc1cccc2c1C(=O)c1c(O)c3c(c(O)c1C2=O)C[C@@](O)(C(=O)COC(=O)CCCCCCC(=O)O)C[C@@H]3O[C@@H]1O[C@@H](C)[C@@H](O)[C@@H](O)[C@H]1F. The third-order valence-corrected chi connectivity index (χ3v) is 9.55. The number of fused-ring (bicyclic) bond motifs is 3. The molecule has 1 heterocycles. The monoisotopic (exact) mass is 718 g/mol. The fourth-order valence-electron chi connectivity index (χ4n) is 6.76. The van der Waals surface area contributed by atoms with Crippen LogP contribution in [0.1, 0.15) is 101 Å². The molecule has 0 amide bonds. The lowest BCUT2D eigenvalue weighted by Gasteiger charge is -2.43. The molecule has 1 aliphatic heterocycles. The summed E-state index contributed by atoms with van der Waals surface area (Å²) in [6.45, 7) is 0.385. The van der Waals surface area contributed by atoms with Crippen LogP contribution < -0.4 is 4.74 Å². The average molecular weight is 719 g/mol. The van der Waals surface area contributed by atoms with E-state index in [9.17, 15) is 49.5 Å². The summed E-state index contributed by atoms with van der Waals surface area (Å²) in [5.41, 5.74) is -4.86. The van der Waals surface area contributed by atoms with E-state index in [2.05, 4.69) is 0 Å². The minimum absolute atomic E-state index is 0.00553. The molecule has 0 saturated carbocycles. The number of aliphatic hydroxyl groups excluding tert-OH is 2. The van der Waals surface area contributed by atoms with Crippen LogP contribution in [0.3, 0.4) is 0 Å². The predicted molar refractivity (Wildman–Crippen MR) is 169 cm³/mol. The second-order valence-electron chi connectivity index (χ2n) is 12.9. The van der Waals surface area contributed by atoms with Crippen LogP contribution in [0.4, 0.5) is 4.39 Å². The van der Waals surface area contributed by atoms with Crippen molar-refractivity contribution in [3.8, 4) is 17.2 Å². The van der Waals surface area contributed by atoms with Crippen molar-refractivity contribution < 1.29 is 77.9 Å². The Kier molecular flexibility index (Phi) is 11.1. The molecule has 3 aliphatic rings. The van der Waals surface area contributed by atoms with Crippen molar-refractivity contribution in [1.29, 1.82) is 0 Å². The van der Waals surface area contributed by atoms with Gasteiger partial charge >= 0.3 is 11.9 Å². The summed E-state index contributed by atoms with van der Waals surface area (Å²) >= 11 is 0. The van der Waals surface area contributed by atoms with Crippen LogP contribution in [0, 0.1) is 0 Å². The number of benzene rings is 2. The van der Waals surface area contributed by atoms with Gasteiger partial charge in [-0.25, -0.2) is 4.39 Å². The molecular weight excluding hydrogens is 679 g/mol. The molecule has 6 N–H and O–H groups in total. The zero-order valence-corrected chi connectivity index (χ0v) is 27.8. The summed E-state index contributed by atoms with van der Waals surface area (Å²) in [7, 11) is 1.27. The van der Waals surface area contributed by atoms with Gasteiger partial charge in [-0.15, -0.1) is 0 Å². The fraction of sp³-hybridized carbons (Fsp3) is 0.514. The van der Waals surface area contributed by atoms with Gasteiger partial charge in [0.1, 0.15) is 35.1 Å². The molecule has 0 unspecified atom stereocenters. The molecule has 16 heteroatoms. The van der Waals surface area contributed by atoms with Gasteiger partial charge < -0.3 is 49.6 Å². The number of phenolic OH excluding ortho intramolecular Hbond substituents is 2. The van der Waals surface area contributed by atoms with E-state index < -0.39 is 119 Å². The Morgan fingerprint density at radius 2 is 1.63 bits per heavy atom. The van der Waals surface area contributed by atoms with E-state index in [0.717, 1.165) is 0 Å². The summed E-state index contributed by atoms with van der Waals surface area (Å²) in [5.74, 6) is -6.28. The number of Topliss-reactive ketones (excluding diaryl/α,β-unsaturated/α-hetero) is 1. The lowest BCUT2D eigenvalue weighted by atomic mass is 9.72.